The summed E-state index contributed by atoms with van der Waals surface area (Å²) in [4.78, 5) is 22.9. The van der Waals surface area contributed by atoms with Gasteiger partial charge in [0.1, 0.15) is 23.2 Å². The molecule has 1 atom stereocenters. The zero-order valence-electron chi connectivity index (χ0n) is 15.1. The molecule has 1 fully saturated rings. The van der Waals surface area contributed by atoms with Gasteiger partial charge < -0.3 is 10.2 Å². The van der Waals surface area contributed by atoms with Gasteiger partial charge in [-0.05, 0) is 32.4 Å². The third kappa shape index (κ3) is 4.41. The first-order valence-corrected chi connectivity index (χ1v) is 10.5. The molecular weight excluding hydrogens is 371 g/mol. The highest BCUT2D eigenvalue weighted by Crippen LogP contribution is 2.22. The van der Waals surface area contributed by atoms with Gasteiger partial charge in [-0.2, -0.15) is 0 Å². The Morgan fingerprint density at radius 3 is 2.70 bits per heavy atom. The largest absolute Gasteiger partial charge is 0.338 e. The number of nitrogens with one attached hydrogen (secondary N) is 1. The van der Waals surface area contributed by atoms with Crippen molar-refractivity contribution in [1.29, 1.82) is 0 Å². The SMILES string of the molecule is CCN(C(=O)c1cc(Nc2ccccc2F)nc(C)n1)C1CCS(=O)(=O)C1. The highest BCUT2D eigenvalue weighted by Gasteiger charge is 2.34. The van der Waals surface area contributed by atoms with Crippen molar-refractivity contribution in [1.82, 2.24) is 14.9 Å². The lowest BCUT2D eigenvalue weighted by atomic mass is 10.2. The van der Waals surface area contributed by atoms with E-state index in [1.165, 1.54) is 17.0 Å². The lowest BCUT2D eigenvalue weighted by molar-refractivity contribution is 0.0702. The Balaban J connectivity index is 1.86. The standard InChI is InChI=1S/C18H21FN4O3S/c1-3-23(13-8-9-27(25,26)11-13)18(24)16-10-17(21-12(2)20-16)22-15-7-5-4-6-14(15)19/h4-7,10,13H,3,8-9,11H2,1-2H3,(H,20,21,22). The van der Waals surface area contributed by atoms with Crippen molar-refractivity contribution in [2.45, 2.75) is 26.3 Å². The molecule has 1 saturated heterocycles. The smallest absolute Gasteiger partial charge is 0.272 e. The van der Waals surface area contributed by atoms with Gasteiger partial charge in [-0.25, -0.2) is 22.8 Å². The minimum atomic E-state index is -3.11. The first-order chi connectivity index (χ1) is 12.8. The van der Waals surface area contributed by atoms with Gasteiger partial charge in [-0.1, -0.05) is 12.1 Å². The molecule has 9 heteroatoms. The van der Waals surface area contributed by atoms with Crippen LogP contribution in [0.1, 0.15) is 29.7 Å². The molecule has 2 heterocycles. The van der Waals surface area contributed by atoms with Gasteiger partial charge in [0.05, 0.1) is 17.2 Å². The predicted octanol–water partition coefficient (Wildman–Crippen LogP) is 2.32. The molecule has 1 aliphatic heterocycles. The number of carbonyl (C=O) groups excluding carboxylic acids is 1. The van der Waals surface area contributed by atoms with Crippen LogP contribution in [0, 0.1) is 12.7 Å². The summed E-state index contributed by atoms with van der Waals surface area (Å²) in [6.45, 7) is 3.81. The van der Waals surface area contributed by atoms with E-state index in [0.717, 1.165) is 0 Å². The van der Waals surface area contributed by atoms with Gasteiger partial charge in [0, 0.05) is 18.7 Å². The molecule has 0 spiro atoms. The van der Waals surface area contributed by atoms with Crippen LogP contribution in [0.2, 0.25) is 0 Å². The van der Waals surface area contributed by atoms with Crippen LogP contribution >= 0.6 is 0 Å². The molecule has 27 heavy (non-hydrogen) atoms. The summed E-state index contributed by atoms with van der Waals surface area (Å²) in [7, 11) is -3.11. The van der Waals surface area contributed by atoms with Crippen molar-refractivity contribution in [2.24, 2.45) is 0 Å². The summed E-state index contributed by atoms with van der Waals surface area (Å²) < 4.78 is 37.4. The maximum absolute atomic E-state index is 13.9. The Kier molecular flexibility index (Phi) is 5.41. The predicted molar refractivity (Wildman–Crippen MR) is 100 cm³/mol. The minimum absolute atomic E-state index is 0.0308. The molecule has 0 saturated carbocycles. The van der Waals surface area contributed by atoms with E-state index >= 15 is 0 Å². The number of carbonyl (C=O) groups is 1. The number of anilines is 2. The number of benzene rings is 1. The first kappa shape index (κ1) is 19.2. The van der Waals surface area contributed by atoms with Crippen molar-refractivity contribution in [3.8, 4) is 0 Å². The van der Waals surface area contributed by atoms with Gasteiger partial charge in [0.25, 0.3) is 5.91 Å². The number of aromatic nitrogens is 2. The van der Waals surface area contributed by atoms with Gasteiger partial charge in [0.2, 0.25) is 0 Å². The fourth-order valence-electron chi connectivity index (χ4n) is 3.18. The normalized spacial score (nSPS) is 18.3. The van der Waals surface area contributed by atoms with Crippen LogP contribution in [0.5, 0.6) is 0 Å². The zero-order valence-corrected chi connectivity index (χ0v) is 16.0. The molecule has 1 aromatic carbocycles. The number of amides is 1. The number of hydrogen-bond donors (Lipinski definition) is 1. The quantitative estimate of drug-likeness (QED) is 0.840. The second-order valence-corrected chi connectivity index (χ2v) is 8.67. The maximum Gasteiger partial charge on any atom is 0.272 e. The Bertz CT molecular complexity index is 965. The zero-order chi connectivity index (χ0) is 19.6. The molecule has 0 radical (unpaired) electrons. The van der Waals surface area contributed by atoms with Crippen LogP contribution in [-0.4, -0.2) is 53.3 Å². The van der Waals surface area contributed by atoms with Crippen LogP contribution < -0.4 is 5.32 Å². The lowest BCUT2D eigenvalue weighted by Gasteiger charge is -2.26. The summed E-state index contributed by atoms with van der Waals surface area (Å²) in [5.74, 6) is -0.0862. The number of nitrogens with zero attached hydrogens (tertiary/aromatic N) is 3. The second-order valence-electron chi connectivity index (χ2n) is 6.44. The third-order valence-corrected chi connectivity index (χ3v) is 6.19. The molecule has 3 rings (SSSR count). The molecule has 0 aliphatic carbocycles. The number of hydrogen-bond acceptors (Lipinski definition) is 6. The molecule has 1 aromatic heterocycles. The molecule has 2 aromatic rings. The molecule has 144 valence electrons. The average molecular weight is 392 g/mol. The highest BCUT2D eigenvalue weighted by atomic mass is 32.2. The van der Waals surface area contributed by atoms with Gasteiger partial charge in [-0.15, -0.1) is 0 Å². The van der Waals surface area contributed by atoms with Gasteiger partial charge >= 0.3 is 0 Å². The second kappa shape index (κ2) is 7.59. The summed E-state index contributed by atoms with van der Waals surface area (Å²) in [6.07, 6.45) is 0.423. The van der Waals surface area contributed by atoms with Crippen molar-refractivity contribution in [2.75, 3.05) is 23.4 Å². The monoisotopic (exact) mass is 392 g/mol. The third-order valence-electron chi connectivity index (χ3n) is 4.44. The Morgan fingerprint density at radius 1 is 1.33 bits per heavy atom. The van der Waals surface area contributed by atoms with Crippen LogP contribution in [0.3, 0.4) is 0 Å². The fraction of sp³-hybridized carbons (Fsp3) is 0.389. The number of rotatable bonds is 5. The topological polar surface area (TPSA) is 92.3 Å². The fourth-order valence-corrected chi connectivity index (χ4v) is 4.91. The van der Waals surface area contributed by atoms with Crippen molar-refractivity contribution in [3.05, 3.63) is 47.7 Å². The molecule has 1 unspecified atom stereocenters. The number of sulfone groups is 1. The summed E-state index contributed by atoms with van der Waals surface area (Å²) in [5, 5.41) is 2.86. The highest BCUT2D eigenvalue weighted by molar-refractivity contribution is 7.91. The lowest BCUT2D eigenvalue weighted by Crippen LogP contribution is -2.41. The molecule has 7 nitrogen and oxygen atoms in total. The van der Waals surface area contributed by atoms with Gasteiger partial charge in [0.15, 0.2) is 9.84 Å². The summed E-state index contributed by atoms with van der Waals surface area (Å²) >= 11 is 0. The maximum atomic E-state index is 13.9. The van der Waals surface area contributed by atoms with E-state index < -0.39 is 15.7 Å². The molecule has 1 N–H and O–H groups in total. The summed E-state index contributed by atoms with van der Waals surface area (Å²) in [5.41, 5.74) is 0.385. The number of halogens is 1. The first-order valence-electron chi connectivity index (χ1n) is 8.67. The van der Waals surface area contributed by atoms with Crippen LogP contribution in [0.15, 0.2) is 30.3 Å². The Labute approximate surface area is 157 Å². The van der Waals surface area contributed by atoms with E-state index in [1.807, 2.05) is 0 Å². The van der Waals surface area contributed by atoms with Gasteiger partial charge in [-0.3, -0.25) is 4.79 Å². The van der Waals surface area contributed by atoms with E-state index in [1.54, 1.807) is 32.0 Å². The Morgan fingerprint density at radius 2 is 2.07 bits per heavy atom. The molecule has 1 aliphatic rings. The average Bonchev–Trinajstić information content (AvgIpc) is 2.96. The van der Waals surface area contributed by atoms with Crippen molar-refractivity contribution in [3.63, 3.8) is 0 Å². The summed E-state index contributed by atoms with van der Waals surface area (Å²) in [6, 6.07) is 7.25. The van der Waals surface area contributed by atoms with Crippen LogP contribution in [0.4, 0.5) is 15.9 Å². The van der Waals surface area contributed by atoms with E-state index in [9.17, 15) is 17.6 Å². The van der Waals surface area contributed by atoms with E-state index in [2.05, 4.69) is 15.3 Å². The van der Waals surface area contributed by atoms with Crippen molar-refractivity contribution < 1.29 is 17.6 Å². The molecule has 0 bridgehead atoms. The molecular formula is C18H21FN4O3S. The van der Waals surface area contributed by atoms with Crippen molar-refractivity contribution >= 4 is 27.2 Å². The number of aryl methyl sites for hydroxylation is 1. The number of para-hydroxylation sites is 1. The minimum Gasteiger partial charge on any atom is -0.338 e. The van der Waals surface area contributed by atoms with E-state index in [4.69, 9.17) is 0 Å². The van der Waals surface area contributed by atoms with Crippen LogP contribution in [0.25, 0.3) is 0 Å². The van der Waals surface area contributed by atoms with E-state index in [0.29, 0.717) is 24.6 Å². The molecule has 1 amide bonds. The Hall–Kier alpha value is -2.55. The van der Waals surface area contributed by atoms with Crippen LogP contribution in [-0.2, 0) is 9.84 Å². The van der Waals surface area contributed by atoms with E-state index in [-0.39, 0.29) is 34.8 Å².